The molecule has 0 saturated carbocycles. The van der Waals surface area contributed by atoms with E-state index < -0.39 is 5.66 Å². The molecule has 140 valence electrons. The van der Waals surface area contributed by atoms with E-state index in [1.165, 1.54) is 4.90 Å². The summed E-state index contributed by atoms with van der Waals surface area (Å²) in [5.74, 6) is 0.164. The zero-order valence-electron chi connectivity index (χ0n) is 15.5. The van der Waals surface area contributed by atoms with Crippen LogP contribution in [-0.2, 0) is 12.2 Å². The minimum Gasteiger partial charge on any atom is -0.497 e. The Balaban J connectivity index is 1.84. The van der Waals surface area contributed by atoms with Crippen molar-refractivity contribution in [2.24, 2.45) is 5.73 Å². The fraction of sp³-hybridized carbons (Fsp3) is 0.130. The van der Waals surface area contributed by atoms with Crippen molar-refractivity contribution in [1.82, 2.24) is 4.90 Å². The SMILES string of the molecule is COc1ccc(CN2C(=O)c3ccccc3C(=O)[C@@]2(N)c2ccccc2)cc1. The molecule has 0 radical (unpaired) electrons. The summed E-state index contributed by atoms with van der Waals surface area (Å²) in [5.41, 5.74) is 7.29. The monoisotopic (exact) mass is 372 g/mol. The molecule has 0 fully saturated rings. The average molecular weight is 372 g/mol. The third-order valence-corrected chi connectivity index (χ3v) is 5.13. The van der Waals surface area contributed by atoms with Gasteiger partial charge in [0.05, 0.1) is 12.7 Å². The number of benzene rings is 3. The van der Waals surface area contributed by atoms with E-state index in [1.807, 2.05) is 42.5 Å². The molecule has 0 aliphatic carbocycles. The van der Waals surface area contributed by atoms with Crippen LogP contribution in [0.25, 0.3) is 0 Å². The number of Topliss-reactive ketones (excluding diaryl/α,β-unsaturated/α-hetero) is 1. The van der Waals surface area contributed by atoms with Gasteiger partial charge in [-0.2, -0.15) is 0 Å². The van der Waals surface area contributed by atoms with Crippen LogP contribution < -0.4 is 10.5 Å². The van der Waals surface area contributed by atoms with Gasteiger partial charge in [0.1, 0.15) is 5.75 Å². The van der Waals surface area contributed by atoms with Crippen LogP contribution in [0.3, 0.4) is 0 Å². The minimum atomic E-state index is -1.58. The summed E-state index contributed by atoms with van der Waals surface area (Å²) in [6.45, 7) is 0.203. The first-order valence-corrected chi connectivity index (χ1v) is 8.99. The van der Waals surface area contributed by atoms with E-state index in [4.69, 9.17) is 10.5 Å². The summed E-state index contributed by atoms with van der Waals surface area (Å²) in [5, 5.41) is 0. The van der Waals surface area contributed by atoms with E-state index in [-0.39, 0.29) is 18.2 Å². The Morgan fingerprint density at radius 2 is 1.46 bits per heavy atom. The van der Waals surface area contributed by atoms with Crippen LogP contribution >= 0.6 is 0 Å². The highest BCUT2D eigenvalue weighted by Gasteiger charge is 2.50. The summed E-state index contributed by atoms with van der Waals surface area (Å²) in [7, 11) is 1.60. The smallest absolute Gasteiger partial charge is 0.256 e. The molecule has 0 saturated heterocycles. The molecular weight excluding hydrogens is 352 g/mol. The van der Waals surface area contributed by atoms with Crippen molar-refractivity contribution in [3.8, 4) is 5.75 Å². The lowest BCUT2D eigenvalue weighted by Gasteiger charge is -2.43. The molecule has 5 nitrogen and oxygen atoms in total. The summed E-state index contributed by atoms with van der Waals surface area (Å²) < 4.78 is 5.19. The first kappa shape index (κ1) is 17.9. The summed E-state index contributed by atoms with van der Waals surface area (Å²) in [6.07, 6.45) is 0. The van der Waals surface area contributed by atoms with Crippen molar-refractivity contribution in [2.45, 2.75) is 12.2 Å². The lowest BCUT2D eigenvalue weighted by Crippen LogP contribution is -2.63. The Bertz CT molecular complexity index is 1030. The zero-order chi connectivity index (χ0) is 19.7. The van der Waals surface area contributed by atoms with Crippen LogP contribution in [0.5, 0.6) is 5.75 Å². The maximum Gasteiger partial charge on any atom is 0.256 e. The molecule has 3 aromatic carbocycles. The van der Waals surface area contributed by atoms with Gasteiger partial charge in [-0.05, 0) is 23.8 Å². The molecule has 5 heteroatoms. The molecule has 0 bridgehead atoms. The first-order valence-electron chi connectivity index (χ1n) is 8.99. The molecule has 1 aliphatic heterocycles. The molecule has 28 heavy (non-hydrogen) atoms. The number of nitrogens with two attached hydrogens (primary N) is 1. The largest absolute Gasteiger partial charge is 0.497 e. The predicted molar refractivity (Wildman–Crippen MR) is 106 cm³/mol. The number of ether oxygens (including phenoxy) is 1. The fourth-order valence-corrected chi connectivity index (χ4v) is 3.59. The molecule has 1 atom stereocenters. The molecule has 1 heterocycles. The van der Waals surface area contributed by atoms with Crippen molar-refractivity contribution in [2.75, 3.05) is 7.11 Å². The zero-order valence-corrected chi connectivity index (χ0v) is 15.5. The van der Waals surface area contributed by atoms with Crippen LogP contribution in [0.2, 0.25) is 0 Å². The van der Waals surface area contributed by atoms with E-state index in [1.54, 1.807) is 43.5 Å². The number of hydrogen-bond donors (Lipinski definition) is 1. The Labute approximate surface area is 163 Å². The van der Waals surface area contributed by atoms with Gasteiger partial charge in [0.15, 0.2) is 5.66 Å². The maximum atomic E-state index is 13.4. The van der Waals surface area contributed by atoms with Gasteiger partial charge < -0.3 is 9.64 Å². The van der Waals surface area contributed by atoms with E-state index in [0.717, 1.165) is 11.3 Å². The number of ketones is 1. The van der Waals surface area contributed by atoms with E-state index in [2.05, 4.69) is 0 Å². The number of carbonyl (C=O) groups is 2. The Morgan fingerprint density at radius 3 is 2.11 bits per heavy atom. The quantitative estimate of drug-likeness (QED) is 0.762. The molecule has 4 rings (SSSR count). The number of rotatable bonds is 4. The second kappa shape index (κ2) is 6.94. The second-order valence-electron chi connectivity index (χ2n) is 6.75. The van der Waals surface area contributed by atoms with Gasteiger partial charge in [-0.25, -0.2) is 0 Å². The molecule has 2 N–H and O–H groups in total. The predicted octanol–water partition coefficient (Wildman–Crippen LogP) is 3.35. The highest BCUT2D eigenvalue weighted by atomic mass is 16.5. The molecule has 0 spiro atoms. The van der Waals surface area contributed by atoms with Crippen molar-refractivity contribution in [3.05, 3.63) is 101 Å². The van der Waals surface area contributed by atoms with Crippen molar-refractivity contribution < 1.29 is 14.3 Å². The number of hydrogen-bond acceptors (Lipinski definition) is 4. The highest BCUT2D eigenvalue weighted by Crippen LogP contribution is 2.36. The van der Waals surface area contributed by atoms with E-state index in [9.17, 15) is 9.59 Å². The van der Waals surface area contributed by atoms with Crippen LogP contribution in [0.1, 0.15) is 31.8 Å². The molecule has 0 unspecified atom stereocenters. The summed E-state index contributed by atoms with van der Waals surface area (Å²) >= 11 is 0. The number of amides is 1. The van der Waals surface area contributed by atoms with Crippen molar-refractivity contribution in [3.63, 3.8) is 0 Å². The lowest BCUT2D eigenvalue weighted by molar-refractivity contribution is 0.0340. The summed E-state index contributed by atoms with van der Waals surface area (Å²) in [4.78, 5) is 28.2. The number of carbonyl (C=O) groups excluding carboxylic acids is 2. The highest BCUT2D eigenvalue weighted by molar-refractivity contribution is 6.17. The van der Waals surface area contributed by atoms with Gasteiger partial charge in [-0.15, -0.1) is 0 Å². The van der Waals surface area contributed by atoms with Gasteiger partial charge in [-0.1, -0.05) is 60.7 Å². The van der Waals surface area contributed by atoms with Crippen LogP contribution in [0.4, 0.5) is 0 Å². The number of fused-ring (bicyclic) bond motifs is 1. The molecule has 1 aliphatic rings. The van der Waals surface area contributed by atoms with Crippen LogP contribution in [0.15, 0.2) is 78.9 Å². The van der Waals surface area contributed by atoms with Gasteiger partial charge >= 0.3 is 0 Å². The minimum absolute atomic E-state index is 0.203. The first-order chi connectivity index (χ1) is 13.6. The summed E-state index contributed by atoms with van der Waals surface area (Å²) in [6, 6.07) is 23.2. The normalized spacial score (nSPS) is 18.7. The molecule has 3 aromatic rings. The second-order valence-corrected chi connectivity index (χ2v) is 6.75. The molecular formula is C23H20N2O3. The standard InChI is InChI=1S/C23H20N2O3/c1-28-18-13-11-16(12-14-18)15-25-22(27)20-10-6-5-9-19(20)21(26)23(25,24)17-7-3-2-4-8-17/h2-14H,15,24H2,1H3/t23-/m1/s1. The average Bonchev–Trinajstić information content (AvgIpc) is 2.76. The Kier molecular flexibility index (Phi) is 4.45. The van der Waals surface area contributed by atoms with Gasteiger partial charge in [0, 0.05) is 17.7 Å². The molecule has 0 aromatic heterocycles. The third-order valence-electron chi connectivity index (χ3n) is 5.13. The van der Waals surface area contributed by atoms with Gasteiger partial charge in [0.2, 0.25) is 5.78 Å². The Morgan fingerprint density at radius 1 is 0.857 bits per heavy atom. The van der Waals surface area contributed by atoms with Crippen molar-refractivity contribution in [1.29, 1.82) is 0 Å². The molecule has 1 amide bonds. The van der Waals surface area contributed by atoms with E-state index >= 15 is 0 Å². The number of methoxy groups -OCH3 is 1. The third kappa shape index (κ3) is 2.77. The lowest BCUT2D eigenvalue weighted by atomic mass is 9.83. The van der Waals surface area contributed by atoms with Crippen LogP contribution in [-0.4, -0.2) is 23.7 Å². The maximum absolute atomic E-state index is 13.4. The number of nitrogens with zero attached hydrogens (tertiary/aromatic N) is 1. The van der Waals surface area contributed by atoms with Crippen molar-refractivity contribution >= 4 is 11.7 Å². The topological polar surface area (TPSA) is 72.6 Å². The van der Waals surface area contributed by atoms with Gasteiger partial charge in [0.25, 0.3) is 5.91 Å². The van der Waals surface area contributed by atoms with Crippen LogP contribution in [0, 0.1) is 0 Å². The fourth-order valence-electron chi connectivity index (χ4n) is 3.59. The van der Waals surface area contributed by atoms with Gasteiger partial charge in [-0.3, -0.25) is 15.3 Å². The van der Waals surface area contributed by atoms with E-state index in [0.29, 0.717) is 16.7 Å². The Hall–Kier alpha value is -3.44.